The maximum Gasteiger partial charge on any atom is 0.317 e. The lowest BCUT2D eigenvalue weighted by atomic mass is 9.79. The van der Waals surface area contributed by atoms with Crippen LogP contribution in [0.2, 0.25) is 0 Å². The first-order chi connectivity index (χ1) is 14.0. The van der Waals surface area contributed by atoms with Crippen molar-refractivity contribution in [2.75, 3.05) is 18.1 Å². The molecule has 6 nitrogen and oxygen atoms in total. The molecule has 1 N–H and O–H groups in total. The highest BCUT2D eigenvalue weighted by molar-refractivity contribution is 7.80. The molecule has 0 amide bonds. The van der Waals surface area contributed by atoms with Crippen LogP contribution in [0.3, 0.4) is 0 Å². The fraction of sp³-hybridized carbons (Fsp3) is 0.364. The minimum Gasteiger partial charge on any atom is -0.490 e. The number of para-hydroxylation sites is 2. The minimum atomic E-state index is -1.08. The molecule has 0 aromatic heterocycles. The molecule has 0 spiro atoms. The van der Waals surface area contributed by atoms with Crippen molar-refractivity contribution in [2.45, 2.75) is 32.5 Å². The van der Waals surface area contributed by atoms with Crippen LogP contribution in [0.1, 0.15) is 32.4 Å². The highest BCUT2D eigenvalue weighted by Crippen LogP contribution is 2.52. The van der Waals surface area contributed by atoms with Gasteiger partial charge in [0.25, 0.3) is 0 Å². The molecule has 7 heteroatoms. The van der Waals surface area contributed by atoms with Gasteiger partial charge in [0.15, 0.2) is 16.6 Å². The van der Waals surface area contributed by atoms with E-state index in [4.69, 9.17) is 26.4 Å². The Hall–Kier alpha value is -2.80. The van der Waals surface area contributed by atoms with Gasteiger partial charge in [0.1, 0.15) is 5.92 Å². The zero-order chi connectivity index (χ0) is 20.6. The Balaban J connectivity index is 1.90. The molecule has 1 saturated heterocycles. The molecule has 3 atom stereocenters. The van der Waals surface area contributed by atoms with Crippen LogP contribution < -0.4 is 19.7 Å². The molecular weight excluding hydrogens is 388 g/mol. The third-order valence-electron chi connectivity index (χ3n) is 5.34. The van der Waals surface area contributed by atoms with E-state index in [1.165, 1.54) is 0 Å². The number of nitrogens with one attached hydrogen (secondary N) is 1. The van der Waals surface area contributed by atoms with Crippen molar-refractivity contribution in [3.05, 3.63) is 54.1 Å². The fourth-order valence-electron chi connectivity index (χ4n) is 4.20. The monoisotopic (exact) mass is 412 g/mol. The van der Waals surface area contributed by atoms with E-state index in [-0.39, 0.29) is 12.0 Å². The predicted molar refractivity (Wildman–Crippen MR) is 114 cm³/mol. The van der Waals surface area contributed by atoms with Gasteiger partial charge in [0.2, 0.25) is 5.72 Å². The number of hydrogen-bond acceptors (Lipinski definition) is 5. The summed E-state index contributed by atoms with van der Waals surface area (Å²) in [4.78, 5) is 14.9. The summed E-state index contributed by atoms with van der Waals surface area (Å²) >= 11 is 5.70. The molecule has 2 aliphatic rings. The maximum atomic E-state index is 13.1. The zero-order valence-electron chi connectivity index (χ0n) is 16.7. The van der Waals surface area contributed by atoms with Gasteiger partial charge in [-0.2, -0.15) is 0 Å². The third-order valence-corrected chi connectivity index (χ3v) is 5.64. The molecular formula is C22H24N2O4S. The van der Waals surface area contributed by atoms with Gasteiger partial charge in [0, 0.05) is 11.3 Å². The van der Waals surface area contributed by atoms with Crippen LogP contribution in [0.15, 0.2) is 48.5 Å². The standard InChI is InChI=1S/C22H24N2O4S/c1-4-26-16-13-9-12-15-18-17(20(25)27-5-2)22(3,28-19(15)16)24(21(29)23-18)14-10-7-6-8-11-14/h6-13,17-18H,4-5H2,1-3H3,(H,23,29)/t17-,18+,22+/m1/s1. The Morgan fingerprint density at radius 3 is 2.62 bits per heavy atom. The van der Waals surface area contributed by atoms with Gasteiger partial charge in [0.05, 0.1) is 19.3 Å². The summed E-state index contributed by atoms with van der Waals surface area (Å²) in [6.45, 7) is 6.41. The maximum absolute atomic E-state index is 13.1. The summed E-state index contributed by atoms with van der Waals surface area (Å²) < 4.78 is 17.8. The van der Waals surface area contributed by atoms with Gasteiger partial charge < -0.3 is 19.5 Å². The molecule has 4 rings (SSSR count). The second-order valence-corrected chi connectivity index (χ2v) is 7.48. The summed E-state index contributed by atoms with van der Waals surface area (Å²) in [5, 5.41) is 3.85. The first-order valence-corrected chi connectivity index (χ1v) is 10.2. The van der Waals surface area contributed by atoms with Crippen LogP contribution in [0.5, 0.6) is 11.5 Å². The summed E-state index contributed by atoms with van der Waals surface area (Å²) in [7, 11) is 0. The molecule has 1 fully saturated rings. The average Bonchev–Trinajstić information content (AvgIpc) is 2.69. The lowest BCUT2D eigenvalue weighted by Gasteiger charge is -2.55. The van der Waals surface area contributed by atoms with Crippen LogP contribution in [0.4, 0.5) is 5.69 Å². The lowest BCUT2D eigenvalue weighted by molar-refractivity contribution is -0.159. The quantitative estimate of drug-likeness (QED) is 0.592. The van der Waals surface area contributed by atoms with Crippen molar-refractivity contribution in [1.82, 2.24) is 5.32 Å². The van der Waals surface area contributed by atoms with Gasteiger partial charge in [-0.05, 0) is 51.2 Å². The molecule has 2 heterocycles. The van der Waals surface area contributed by atoms with E-state index in [1.54, 1.807) is 6.92 Å². The Kier molecular flexibility index (Phi) is 5.08. The molecule has 2 bridgehead atoms. The predicted octanol–water partition coefficient (Wildman–Crippen LogP) is 3.81. The second-order valence-electron chi connectivity index (χ2n) is 7.09. The van der Waals surface area contributed by atoms with E-state index in [0.29, 0.717) is 29.8 Å². The SMILES string of the molecule is CCOC(=O)[C@H]1[C@H]2NC(=S)N(c3ccccc3)[C@@]1(C)Oc1c(OCC)cccc12. The summed E-state index contributed by atoms with van der Waals surface area (Å²) in [5.74, 6) is 0.312. The Labute approximate surface area is 175 Å². The number of ether oxygens (including phenoxy) is 3. The van der Waals surface area contributed by atoms with Gasteiger partial charge in [-0.3, -0.25) is 9.69 Å². The lowest BCUT2D eigenvalue weighted by Crippen LogP contribution is -2.71. The first kappa shape index (κ1) is 19.5. The van der Waals surface area contributed by atoms with Crippen molar-refractivity contribution in [2.24, 2.45) is 5.92 Å². The Morgan fingerprint density at radius 1 is 1.17 bits per heavy atom. The molecule has 152 valence electrons. The van der Waals surface area contributed by atoms with Crippen LogP contribution >= 0.6 is 12.2 Å². The molecule has 2 aromatic rings. The summed E-state index contributed by atoms with van der Waals surface area (Å²) in [5.41, 5.74) is 0.583. The van der Waals surface area contributed by atoms with E-state index >= 15 is 0 Å². The minimum absolute atomic E-state index is 0.291. The first-order valence-electron chi connectivity index (χ1n) is 9.78. The summed E-state index contributed by atoms with van der Waals surface area (Å²) in [6.07, 6.45) is 0. The van der Waals surface area contributed by atoms with E-state index in [0.717, 1.165) is 11.3 Å². The zero-order valence-corrected chi connectivity index (χ0v) is 17.5. The number of fused-ring (bicyclic) bond motifs is 4. The molecule has 0 aliphatic carbocycles. The van der Waals surface area contributed by atoms with Crippen LogP contribution in [0.25, 0.3) is 0 Å². The Morgan fingerprint density at radius 2 is 1.93 bits per heavy atom. The van der Waals surface area contributed by atoms with E-state index in [2.05, 4.69) is 5.32 Å². The average molecular weight is 413 g/mol. The molecule has 29 heavy (non-hydrogen) atoms. The van der Waals surface area contributed by atoms with E-state index in [9.17, 15) is 4.79 Å². The number of carbonyl (C=O) groups is 1. The van der Waals surface area contributed by atoms with Crippen LogP contribution in [-0.2, 0) is 9.53 Å². The molecule has 2 aliphatic heterocycles. The fourth-order valence-corrected chi connectivity index (χ4v) is 4.61. The number of carbonyl (C=O) groups excluding carboxylic acids is 1. The number of nitrogens with zero attached hydrogens (tertiary/aromatic N) is 1. The number of hydrogen-bond donors (Lipinski definition) is 1. The molecule has 0 unspecified atom stereocenters. The van der Waals surface area contributed by atoms with Crippen molar-refractivity contribution in [1.29, 1.82) is 0 Å². The number of rotatable bonds is 5. The topological polar surface area (TPSA) is 60.0 Å². The number of anilines is 1. The molecule has 2 aromatic carbocycles. The highest BCUT2D eigenvalue weighted by Gasteiger charge is 2.60. The van der Waals surface area contributed by atoms with Crippen LogP contribution in [0, 0.1) is 5.92 Å². The van der Waals surface area contributed by atoms with Gasteiger partial charge >= 0.3 is 5.97 Å². The molecule has 0 radical (unpaired) electrons. The number of thiocarbonyl (C=S) groups is 1. The largest absolute Gasteiger partial charge is 0.490 e. The molecule has 0 saturated carbocycles. The summed E-state index contributed by atoms with van der Waals surface area (Å²) in [6, 6.07) is 15.0. The van der Waals surface area contributed by atoms with E-state index < -0.39 is 11.6 Å². The van der Waals surface area contributed by atoms with Crippen molar-refractivity contribution in [3.8, 4) is 11.5 Å². The van der Waals surface area contributed by atoms with Crippen molar-refractivity contribution in [3.63, 3.8) is 0 Å². The van der Waals surface area contributed by atoms with Crippen molar-refractivity contribution >= 4 is 29.0 Å². The normalized spacial score (nSPS) is 24.8. The van der Waals surface area contributed by atoms with Gasteiger partial charge in [-0.25, -0.2) is 0 Å². The number of benzene rings is 2. The van der Waals surface area contributed by atoms with Gasteiger partial charge in [-0.1, -0.05) is 30.3 Å². The highest BCUT2D eigenvalue weighted by atomic mass is 32.1. The van der Waals surface area contributed by atoms with E-state index in [1.807, 2.05) is 67.3 Å². The second kappa shape index (κ2) is 7.55. The Bertz CT molecular complexity index is 936. The smallest absolute Gasteiger partial charge is 0.317 e. The number of esters is 1. The van der Waals surface area contributed by atoms with Crippen LogP contribution in [-0.4, -0.2) is 30.0 Å². The van der Waals surface area contributed by atoms with Gasteiger partial charge in [-0.15, -0.1) is 0 Å². The van der Waals surface area contributed by atoms with Crippen molar-refractivity contribution < 1.29 is 19.0 Å². The third kappa shape index (κ3) is 3.09.